The fourth-order valence-electron chi connectivity index (χ4n) is 0.929. The molecular weight excluding hydrogens is 142 g/mol. The molecule has 3 N–H and O–H groups in total. The predicted octanol–water partition coefficient (Wildman–Crippen LogP) is 0.367. The topological polar surface area (TPSA) is 55.5 Å². The molecule has 3 heteroatoms. The molecule has 0 aromatic carbocycles. The lowest BCUT2D eigenvalue weighted by Gasteiger charge is -2.24. The maximum Gasteiger partial charge on any atom is 0.0958 e. The van der Waals surface area contributed by atoms with Crippen LogP contribution in [0, 0.1) is 5.92 Å². The Morgan fingerprint density at radius 3 is 2.27 bits per heavy atom. The van der Waals surface area contributed by atoms with Crippen molar-refractivity contribution in [2.24, 2.45) is 11.7 Å². The summed E-state index contributed by atoms with van der Waals surface area (Å²) in [6.45, 7) is 6.55. The van der Waals surface area contributed by atoms with Crippen LogP contribution in [0.4, 0.5) is 0 Å². The zero-order chi connectivity index (χ0) is 8.85. The molecule has 2 unspecified atom stereocenters. The highest BCUT2D eigenvalue weighted by atomic mass is 16.5. The van der Waals surface area contributed by atoms with E-state index < -0.39 is 0 Å². The van der Waals surface area contributed by atoms with E-state index in [9.17, 15) is 0 Å². The molecule has 0 aromatic rings. The molecule has 0 rings (SSSR count). The van der Waals surface area contributed by atoms with Gasteiger partial charge in [0.15, 0.2) is 0 Å². The highest BCUT2D eigenvalue weighted by Gasteiger charge is 2.19. The van der Waals surface area contributed by atoms with E-state index in [-0.39, 0.29) is 18.8 Å². The summed E-state index contributed by atoms with van der Waals surface area (Å²) in [7, 11) is 0. The molecule has 0 saturated heterocycles. The molecule has 0 saturated carbocycles. The van der Waals surface area contributed by atoms with Gasteiger partial charge in [-0.2, -0.15) is 0 Å². The smallest absolute Gasteiger partial charge is 0.0958 e. The molecular formula is C8H19NO2. The van der Waals surface area contributed by atoms with Crippen LogP contribution in [0.5, 0.6) is 0 Å². The Labute approximate surface area is 68.5 Å². The number of hydrogen-bond acceptors (Lipinski definition) is 3. The number of aliphatic hydroxyl groups is 1. The second-order valence-corrected chi connectivity index (χ2v) is 3.00. The first-order valence-corrected chi connectivity index (χ1v) is 4.11. The van der Waals surface area contributed by atoms with E-state index in [1.54, 1.807) is 0 Å². The number of hydrogen-bond donors (Lipinski definition) is 2. The van der Waals surface area contributed by atoms with Gasteiger partial charge in [0.25, 0.3) is 0 Å². The average Bonchev–Trinajstić information content (AvgIpc) is 1.98. The van der Waals surface area contributed by atoms with Crippen molar-refractivity contribution in [2.75, 3.05) is 13.2 Å². The van der Waals surface area contributed by atoms with E-state index in [0.29, 0.717) is 12.5 Å². The molecule has 0 fully saturated rings. The molecule has 0 aliphatic rings. The molecule has 3 nitrogen and oxygen atoms in total. The maximum atomic E-state index is 8.87. The van der Waals surface area contributed by atoms with Crippen LogP contribution in [0.3, 0.4) is 0 Å². The lowest BCUT2D eigenvalue weighted by molar-refractivity contribution is -0.00476. The summed E-state index contributed by atoms with van der Waals surface area (Å²) < 4.78 is 5.24. The Hall–Kier alpha value is -0.120. The molecule has 11 heavy (non-hydrogen) atoms. The maximum absolute atomic E-state index is 8.87. The highest BCUT2D eigenvalue weighted by Crippen LogP contribution is 2.06. The first kappa shape index (κ1) is 10.9. The highest BCUT2D eigenvalue weighted by molar-refractivity contribution is 4.75. The third-order valence-electron chi connectivity index (χ3n) is 1.76. The number of ether oxygens (including phenoxy) is 1. The Bertz CT molecular complexity index is 96.1. The van der Waals surface area contributed by atoms with Crippen LogP contribution in [-0.4, -0.2) is 30.5 Å². The standard InChI is InChI=1S/C8H19NO2/c1-4-11-7(5-10)8(9)6(2)3/h6-8,10H,4-5,9H2,1-3H3. The fourth-order valence-corrected chi connectivity index (χ4v) is 0.929. The van der Waals surface area contributed by atoms with Crippen molar-refractivity contribution in [3.8, 4) is 0 Å². The van der Waals surface area contributed by atoms with Crippen molar-refractivity contribution in [1.82, 2.24) is 0 Å². The van der Waals surface area contributed by atoms with E-state index in [1.165, 1.54) is 0 Å². The molecule has 2 atom stereocenters. The van der Waals surface area contributed by atoms with Gasteiger partial charge in [0, 0.05) is 12.6 Å². The average molecular weight is 161 g/mol. The van der Waals surface area contributed by atoms with Crippen LogP contribution in [-0.2, 0) is 4.74 Å². The minimum atomic E-state index is -0.208. The molecule has 0 aliphatic carbocycles. The van der Waals surface area contributed by atoms with Gasteiger partial charge in [0.1, 0.15) is 0 Å². The van der Waals surface area contributed by atoms with E-state index >= 15 is 0 Å². The first-order valence-electron chi connectivity index (χ1n) is 4.11. The molecule has 0 bridgehead atoms. The SMILES string of the molecule is CCOC(CO)C(N)C(C)C. The Morgan fingerprint density at radius 2 is 2.00 bits per heavy atom. The van der Waals surface area contributed by atoms with Gasteiger partial charge in [-0.15, -0.1) is 0 Å². The van der Waals surface area contributed by atoms with Crippen LogP contribution in [0.1, 0.15) is 20.8 Å². The van der Waals surface area contributed by atoms with Gasteiger partial charge in [-0.3, -0.25) is 0 Å². The van der Waals surface area contributed by atoms with Gasteiger partial charge in [-0.1, -0.05) is 13.8 Å². The quantitative estimate of drug-likeness (QED) is 0.612. The summed E-state index contributed by atoms with van der Waals surface area (Å²) >= 11 is 0. The first-order chi connectivity index (χ1) is 5.13. The molecule has 0 heterocycles. The Morgan fingerprint density at radius 1 is 1.45 bits per heavy atom. The van der Waals surface area contributed by atoms with Crippen molar-refractivity contribution >= 4 is 0 Å². The monoisotopic (exact) mass is 161 g/mol. The van der Waals surface area contributed by atoms with E-state index in [1.807, 2.05) is 20.8 Å². The minimum absolute atomic E-state index is 0.00713. The van der Waals surface area contributed by atoms with Crippen molar-refractivity contribution in [3.05, 3.63) is 0 Å². The van der Waals surface area contributed by atoms with Gasteiger partial charge in [-0.05, 0) is 12.8 Å². The van der Waals surface area contributed by atoms with Gasteiger partial charge in [0.2, 0.25) is 0 Å². The zero-order valence-corrected chi connectivity index (χ0v) is 7.58. The third-order valence-corrected chi connectivity index (χ3v) is 1.76. The molecule has 0 amide bonds. The molecule has 0 spiro atoms. The van der Waals surface area contributed by atoms with Gasteiger partial charge >= 0.3 is 0 Å². The van der Waals surface area contributed by atoms with Crippen molar-refractivity contribution < 1.29 is 9.84 Å². The summed E-state index contributed by atoms with van der Waals surface area (Å²) in [5.41, 5.74) is 5.77. The van der Waals surface area contributed by atoms with Crippen molar-refractivity contribution in [1.29, 1.82) is 0 Å². The number of rotatable bonds is 5. The van der Waals surface area contributed by atoms with Gasteiger partial charge in [-0.25, -0.2) is 0 Å². The van der Waals surface area contributed by atoms with Crippen molar-refractivity contribution in [3.63, 3.8) is 0 Å². The summed E-state index contributed by atoms with van der Waals surface area (Å²) in [5, 5.41) is 8.87. The van der Waals surface area contributed by atoms with E-state index in [0.717, 1.165) is 0 Å². The normalized spacial score (nSPS) is 16.9. The van der Waals surface area contributed by atoms with Crippen molar-refractivity contribution in [2.45, 2.75) is 32.9 Å². The Balaban J connectivity index is 3.81. The number of nitrogens with two attached hydrogens (primary N) is 1. The summed E-state index contributed by atoms with van der Waals surface area (Å²) in [5.74, 6) is 0.346. The largest absolute Gasteiger partial charge is 0.394 e. The molecule has 68 valence electrons. The third kappa shape index (κ3) is 3.70. The minimum Gasteiger partial charge on any atom is -0.394 e. The molecule has 0 aromatic heterocycles. The fraction of sp³-hybridized carbons (Fsp3) is 1.00. The van der Waals surface area contributed by atoms with Gasteiger partial charge < -0.3 is 15.6 Å². The number of aliphatic hydroxyl groups excluding tert-OH is 1. The van der Waals surface area contributed by atoms with E-state index in [2.05, 4.69) is 0 Å². The molecule has 0 aliphatic heterocycles. The van der Waals surface area contributed by atoms with E-state index in [4.69, 9.17) is 15.6 Å². The summed E-state index contributed by atoms with van der Waals surface area (Å²) in [4.78, 5) is 0. The second-order valence-electron chi connectivity index (χ2n) is 3.00. The zero-order valence-electron chi connectivity index (χ0n) is 7.58. The summed E-state index contributed by atoms with van der Waals surface area (Å²) in [6, 6.07) is -0.0695. The summed E-state index contributed by atoms with van der Waals surface area (Å²) in [6.07, 6.45) is -0.208. The van der Waals surface area contributed by atoms with Crippen LogP contribution >= 0.6 is 0 Å². The Kier molecular flexibility index (Phi) is 5.46. The lowest BCUT2D eigenvalue weighted by atomic mass is 10.0. The van der Waals surface area contributed by atoms with Gasteiger partial charge in [0.05, 0.1) is 12.7 Å². The van der Waals surface area contributed by atoms with Crippen LogP contribution in [0.2, 0.25) is 0 Å². The molecule has 0 radical (unpaired) electrons. The second kappa shape index (κ2) is 5.52. The van der Waals surface area contributed by atoms with Crippen LogP contribution in [0.25, 0.3) is 0 Å². The lowest BCUT2D eigenvalue weighted by Crippen LogP contribution is -2.43. The van der Waals surface area contributed by atoms with Crippen LogP contribution < -0.4 is 5.73 Å². The van der Waals surface area contributed by atoms with Crippen LogP contribution in [0.15, 0.2) is 0 Å². The predicted molar refractivity (Wildman–Crippen MR) is 45.3 cm³/mol.